The molecule has 1 aromatic heterocycles. The normalized spacial score (nSPS) is 13.2. The van der Waals surface area contributed by atoms with E-state index in [2.05, 4.69) is 4.98 Å². The van der Waals surface area contributed by atoms with Crippen LogP contribution in [0.5, 0.6) is 0 Å². The van der Waals surface area contributed by atoms with Gasteiger partial charge in [-0.2, -0.15) is 13.2 Å². The van der Waals surface area contributed by atoms with Crippen LogP contribution in [-0.2, 0) is 0 Å². The summed E-state index contributed by atoms with van der Waals surface area (Å²) in [7, 11) is 0. The summed E-state index contributed by atoms with van der Waals surface area (Å²) in [6.45, 7) is 0. The Hall–Kier alpha value is -2.63. The van der Waals surface area contributed by atoms with Gasteiger partial charge in [0.05, 0.1) is 11.5 Å². The molecule has 1 N–H and O–H groups in total. The number of ketones is 1. The highest BCUT2D eigenvalue weighted by Crippen LogP contribution is 2.41. The maximum atomic E-state index is 13.7. The monoisotopic (exact) mass is 335 g/mol. The molecule has 0 unspecified atom stereocenters. The molecule has 1 atom stereocenters. The van der Waals surface area contributed by atoms with Crippen LogP contribution in [0.1, 0.15) is 28.3 Å². The fraction of sp³-hybridized carbons (Fsp3) is 0.167. The van der Waals surface area contributed by atoms with Gasteiger partial charge in [-0.1, -0.05) is 30.3 Å². The third-order valence-electron chi connectivity index (χ3n) is 3.96. The van der Waals surface area contributed by atoms with Crippen LogP contribution in [0.25, 0.3) is 10.9 Å². The Morgan fingerprint density at radius 2 is 1.71 bits per heavy atom. The molecular weight excluding hydrogens is 322 g/mol. The van der Waals surface area contributed by atoms with Crippen molar-refractivity contribution in [2.75, 3.05) is 0 Å². The molecule has 3 aromatic rings. The van der Waals surface area contributed by atoms with E-state index >= 15 is 0 Å². The SMILES string of the molecule is O=C(C[C@@H](c1c[nH]c2ccccc12)C(F)(F)F)c1ccccc1F. The third kappa shape index (κ3) is 3.04. The van der Waals surface area contributed by atoms with Crippen LogP contribution >= 0.6 is 0 Å². The third-order valence-corrected chi connectivity index (χ3v) is 3.96. The van der Waals surface area contributed by atoms with Crippen molar-refractivity contribution in [1.29, 1.82) is 0 Å². The van der Waals surface area contributed by atoms with E-state index < -0.39 is 30.1 Å². The van der Waals surface area contributed by atoms with Gasteiger partial charge in [0.25, 0.3) is 0 Å². The van der Waals surface area contributed by atoms with Gasteiger partial charge in [-0.05, 0) is 23.8 Å². The summed E-state index contributed by atoms with van der Waals surface area (Å²) in [6.07, 6.45) is -4.20. The highest BCUT2D eigenvalue weighted by molar-refractivity contribution is 5.97. The number of rotatable bonds is 4. The fourth-order valence-electron chi connectivity index (χ4n) is 2.77. The molecule has 3 rings (SSSR count). The van der Waals surface area contributed by atoms with Gasteiger partial charge in [0.1, 0.15) is 5.82 Å². The van der Waals surface area contributed by atoms with Gasteiger partial charge in [-0.3, -0.25) is 4.79 Å². The number of H-pyrrole nitrogens is 1. The lowest BCUT2D eigenvalue weighted by Gasteiger charge is -2.19. The van der Waals surface area contributed by atoms with E-state index in [9.17, 15) is 22.4 Å². The topological polar surface area (TPSA) is 32.9 Å². The molecule has 0 aliphatic carbocycles. The van der Waals surface area contributed by atoms with Crippen LogP contribution in [0.3, 0.4) is 0 Å². The number of para-hydroxylation sites is 1. The van der Waals surface area contributed by atoms with Crippen LogP contribution in [0.15, 0.2) is 54.7 Å². The molecule has 2 aromatic carbocycles. The largest absolute Gasteiger partial charge is 0.396 e. The molecule has 24 heavy (non-hydrogen) atoms. The molecule has 0 fully saturated rings. The van der Waals surface area contributed by atoms with Crippen LogP contribution < -0.4 is 0 Å². The highest BCUT2D eigenvalue weighted by Gasteiger charge is 2.43. The summed E-state index contributed by atoms with van der Waals surface area (Å²) in [5, 5.41) is 0.404. The van der Waals surface area contributed by atoms with Crippen molar-refractivity contribution < 1.29 is 22.4 Å². The number of hydrogen-bond acceptors (Lipinski definition) is 1. The average molecular weight is 335 g/mol. The Morgan fingerprint density at radius 3 is 2.42 bits per heavy atom. The highest BCUT2D eigenvalue weighted by atomic mass is 19.4. The van der Waals surface area contributed by atoms with Crippen molar-refractivity contribution in [2.24, 2.45) is 0 Å². The van der Waals surface area contributed by atoms with Crippen molar-refractivity contribution in [3.63, 3.8) is 0 Å². The van der Waals surface area contributed by atoms with Gasteiger partial charge in [0.15, 0.2) is 5.78 Å². The van der Waals surface area contributed by atoms with Gasteiger partial charge in [-0.25, -0.2) is 4.39 Å². The first kappa shape index (κ1) is 16.2. The van der Waals surface area contributed by atoms with Crippen molar-refractivity contribution in [3.05, 3.63) is 71.7 Å². The lowest BCUT2D eigenvalue weighted by atomic mass is 9.90. The van der Waals surface area contributed by atoms with Gasteiger partial charge in [0.2, 0.25) is 0 Å². The fourth-order valence-corrected chi connectivity index (χ4v) is 2.77. The minimum atomic E-state index is -4.62. The molecule has 0 spiro atoms. The molecule has 0 aliphatic rings. The number of fused-ring (bicyclic) bond motifs is 1. The van der Waals surface area contributed by atoms with Crippen LogP contribution in [0, 0.1) is 5.82 Å². The quantitative estimate of drug-likeness (QED) is 0.514. The number of carbonyl (C=O) groups excluding carboxylic acids is 1. The van der Waals surface area contributed by atoms with E-state index in [1.54, 1.807) is 24.3 Å². The zero-order valence-corrected chi connectivity index (χ0v) is 12.4. The molecule has 0 aliphatic heterocycles. The molecule has 2 nitrogen and oxygen atoms in total. The Kier molecular flexibility index (Phi) is 4.13. The molecule has 0 amide bonds. The second-order valence-electron chi connectivity index (χ2n) is 5.49. The number of carbonyl (C=O) groups is 1. The molecule has 0 bridgehead atoms. The number of alkyl halides is 3. The predicted octanol–water partition coefficient (Wildman–Crippen LogP) is 5.23. The number of hydrogen-bond donors (Lipinski definition) is 1. The van der Waals surface area contributed by atoms with Crippen LogP contribution in [-0.4, -0.2) is 16.9 Å². The van der Waals surface area contributed by atoms with Crippen LogP contribution in [0.2, 0.25) is 0 Å². The van der Waals surface area contributed by atoms with E-state index in [0.717, 1.165) is 6.07 Å². The second kappa shape index (κ2) is 6.11. The van der Waals surface area contributed by atoms with Gasteiger partial charge < -0.3 is 4.98 Å². The van der Waals surface area contributed by atoms with E-state index in [1.807, 2.05) is 0 Å². The minimum absolute atomic E-state index is 0.0113. The molecule has 0 saturated carbocycles. The Labute approximate surface area is 135 Å². The minimum Gasteiger partial charge on any atom is -0.361 e. The van der Waals surface area contributed by atoms with Gasteiger partial charge in [0, 0.05) is 23.5 Å². The Morgan fingerprint density at radius 1 is 1.04 bits per heavy atom. The van der Waals surface area contributed by atoms with Gasteiger partial charge >= 0.3 is 6.18 Å². The van der Waals surface area contributed by atoms with E-state index in [4.69, 9.17) is 0 Å². The molecule has 0 saturated heterocycles. The molecule has 1 heterocycles. The first-order chi connectivity index (χ1) is 11.4. The maximum Gasteiger partial charge on any atom is 0.396 e. The summed E-state index contributed by atoms with van der Waals surface area (Å²) in [4.78, 5) is 15.0. The summed E-state index contributed by atoms with van der Waals surface area (Å²) < 4.78 is 54.3. The van der Waals surface area contributed by atoms with Crippen molar-refractivity contribution >= 4 is 16.7 Å². The molecule has 0 radical (unpaired) electrons. The molecular formula is C18H13F4NO. The van der Waals surface area contributed by atoms with Crippen LogP contribution in [0.4, 0.5) is 17.6 Å². The van der Waals surface area contributed by atoms with E-state index in [1.165, 1.54) is 24.4 Å². The first-order valence-corrected chi connectivity index (χ1v) is 7.28. The second-order valence-corrected chi connectivity index (χ2v) is 5.49. The van der Waals surface area contributed by atoms with Crippen molar-refractivity contribution in [2.45, 2.75) is 18.5 Å². The smallest absolute Gasteiger partial charge is 0.361 e. The number of aromatic amines is 1. The van der Waals surface area contributed by atoms with E-state index in [-0.39, 0.29) is 11.1 Å². The molecule has 124 valence electrons. The zero-order valence-electron chi connectivity index (χ0n) is 12.4. The number of benzene rings is 2. The lowest BCUT2D eigenvalue weighted by Crippen LogP contribution is -2.24. The Bertz CT molecular complexity index is 882. The Balaban J connectivity index is 1.99. The average Bonchev–Trinajstić information content (AvgIpc) is 2.95. The summed E-state index contributed by atoms with van der Waals surface area (Å²) in [6, 6.07) is 11.6. The van der Waals surface area contributed by atoms with Crippen molar-refractivity contribution in [3.8, 4) is 0 Å². The van der Waals surface area contributed by atoms with E-state index in [0.29, 0.717) is 10.9 Å². The summed E-state index contributed by atoms with van der Waals surface area (Å²) in [5.74, 6) is -3.69. The van der Waals surface area contributed by atoms with Crippen molar-refractivity contribution in [1.82, 2.24) is 4.98 Å². The number of halogens is 4. The zero-order chi connectivity index (χ0) is 17.3. The molecule has 6 heteroatoms. The standard InChI is InChI=1S/C18H13F4NO/c19-15-7-3-1-6-12(15)17(24)9-14(18(20,21)22)13-10-23-16-8-4-2-5-11(13)16/h1-8,10,14,23H,9H2/t14-/m0/s1. The lowest BCUT2D eigenvalue weighted by molar-refractivity contribution is -0.149. The number of Topliss-reactive ketones (excluding diaryl/α,β-unsaturated/α-hetero) is 1. The first-order valence-electron chi connectivity index (χ1n) is 7.28. The number of nitrogens with one attached hydrogen (secondary N) is 1. The summed E-state index contributed by atoms with van der Waals surface area (Å²) >= 11 is 0. The van der Waals surface area contributed by atoms with Gasteiger partial charge in [-0.15, -0.1) is 0 Å². The predicted molar refractivity (Wildman–Crippen MR) is 82.4 cm³/mol. The summed E-state index contributed by atoms with van der Waals surface area (Å²) in [5.41, 5.74) is 0.217. The number of aromatic nitrogens is 1. The maximum absolute atomic E-state index is 13.7.